The number of ketones is 1. The molecule has 268 valence electrons. The summed E-state index contributed by atoms with van der Waals surface area (Å²) >= 11 is 6.28. The maximum atomic E-state index is 16.3. The minimum absolute atomic E-state index is 0.0531. The third-order valence-corrected chi connectivity index (χ3v) is 14.7. The molecular weight excluding hydrogens is 688 g/mol. The van der Waals surface area contributed by atoms with Gasteiger partial charge in [-0.05, 0) is 48.1 Å². The van der Waals surface area contributed by atoms with Gasteiger partial charge < -0.3 is 9.47 Å². The topological polar surface area (TPSA) is 35.5 Å². The fourth-order valence-electron chi connectivity index (χ4n) is 6.79. The molecule has 8 heteroatoms. The summed E-state index contributed by atoms with van der Waals surface area (Å²) in [6, 6.07) is 4.37. The van der Waals surface area contributed by atoms with Crippen LogP contribution in [0, 0.1) is 23.6 Å². The van der Waals surface area contributed by atoms with Gasteiger partial charge in [0.25, 0.3) is 0 Å². The number of hydrogen-bond acceptors (Lipinski definition) is 7. The second kappa shape index (κ2) is 18.5. The molecule has 0 radical (unpaired) electrons. The van der Waals surface area contributed by atoms with Crippen molar-refractivity contribution in [2.45, 2.75) is 125 Å². The number of ether oxygens (including phenoxy) is 2. The predicted octanol–water partition coefficient (Wildman–Crippen LogP) is 15.2. The molecule has 3 atom stereocenters. The maximum absolute atomic E-state index is 16.3. The lowest BCUT2D eigenvalue weighted by Gasteiger charge is -2.19. The Hall–Kier alpha value is -2.00. The number of thiophene rings is 4. The van der Waals surface area contributed by atoms with E-state index in [1.54, 1.807) is 34.0 Å². The molecule has 4 heterocycles. The summed E-state index contributed by atoms with van der Waals surface area (Å²) in [5.74, 6) is 2.77. The van der Waals surface area contributed by atoms with Crippen LogP contribution < -0.4 is 9.47 Å². The van der Waals surface area contributed by atoms with E-state index in [-0.39, 0.29) is 11.6 Å². The Morgan fingerprint density at radius 2 is 1.35 bits per heavy atom. The summed E-state index contributed by atoms with van der Waals surface area (Å²) < 4.78 is 33.0. The zero-order valence-electron chi connectivity index (χ0n) is 30.4. The van der Waals surface area contributed by atoms with Gasteiger partial charge in [-0.25, -0.2) is 4.39 Å². The lowest BCUT2D eigenvalue weighted by molar-refractivity contribution is 0.0957. The van der Waals surface area contributed by atoms with E-state index in [1.807, 2.05) is 5.38 Å². The number of unbranched alkanes of at least 4 members (excludes halogenated alkanes) is 3. The largest absolute Gasteiger partial charge is 0.491 e. The molecule has 0 saturated heterocycles. The van der Waals surface area contributed by atoms with Crippen LogP contribution in [0.5, 0.6) is 11.5 Å². The Morgan fingerprint density at radius 1 is 0.755 bits per heavy atom. The summed E-state index contributed by atoms with van der Waals surface area (Å²) in [6.07, 6.45) is 13.9. The number of halogens is 1. The molecule has 0 N–H and O–H groups in total. The monoisotopic (exact) mass is 742 g/mol. The molecule has 0 fully saturated rings. The lowest BCUT2D eigenvalue weighted by atomic mass is 9.93. The van der Waals surface area contributed by atoms with Crippen molar-refractivity contribution >= 4 is 81.4 Å². The van der Waals surface area contributed by atoms with E-state index in [1.165, 1.54) is 49.9 Å². The van der Waals surface area contributed by atoms with Gasteiger partial charge >= 0.3 is 0 Å². The van der Waals surface area contributed by atoms with Crippen LogP contribution in [0.4, 0.5) is 4.39 Å². The highest BCUT2D eigenvalue weighted by Crippen LogP contribution is 2.53. The fourth-order valence-corrected chi connectivity index (χ4v) is 11.2. The molecule has 0 aliphatic carbocycles. The molecule has 1 aromatic carbocycles. The second-order valence-corrected chi connectivity index (χ2v) is 17.6. The van der Waals surface area contributed by atoms with E-state index in [2.05, 4.69) is 59.1 Å². The number of benzene rings is 1. The van der Waals surface area contributed by atoms with Crippen molar-refractivity contribution in [2.75, 3.05) is 13.2 Å². The van der Waals surface area contributed by atoms with Gasteiger partial charge in [-0.3, -0.25) is 4.79 Å². The highest BCUT2D eigenvalue weighted by Gasteiger charge is 2.27. The van der Waals surface area contributed by atoms with Gasteiger partial charge in [0.15, 0.2) is 11.6 Å². The SMILES string of the molecule is CCCCC(CC)COc1c2cc(-c3scc4sc(C(=O)CC(CC)CCCC)c(F)c34)sc2c(OCC(CC)CCCC)c2ccsc12. The van der Waals surface area contributed by atoms with Gasteiger partial charge in [0, 0.05) is 37.5 Å². The highest BCUT2D eigenvalue weighted by atomic mass is 32.1. The van der Waals surface area contributed by atoms with E-state index >= 15 is 4.39 Å². The first-order valence-corrected chi connectivity index (χ1v) is 22.2. The average Bonchev–Trinajstić information content (AvgIpc) is 3.92. The predicted molar refractivity (Wildman–Crippen MR) is 216 cm³/mol. The first-order chi connectivity index (χ1) is 23.9. The van der Waals surface area contributed by atoms with Crippen molar-refractivity contribution in [1.82, 2.24) is 0 Å². The third kappa shape index (κ3) is 8.73. The van der Waals surface area contributed by atoms with Crippen molar-refractivity contribution in [1.29, 1.82) is 0 Å². The van der Waals surface area contributed by atoms with E-state index < -0.39 is 0 Å². The number of carbonyl (C=O) groups is 1. The van der Waals surface area contributed by atoms with Crippen LogP contribution in [0.15, 0.2) is 22.9 Å². The second-order valence-electron chi connectivity index (χ2n) is 13.7. The molecule has 4 aromatic heterocycles. The van der Waals surface area contributed by atoms with Crippen LogP contribution in [0.3, 0.4) is 0 Å². The normalized spacial score (nSPS) is 13.9. The molecule has 0 bridgehead atoms. The zero-order chi connectivity index (χ0) is 34.9. The van der Waals surface area contributed by atoms with Crippen molar-refractivity contribution in [3.63, 3.8) is 0 Å². The Morgan fingerprint density at radius 3 is 1.94 bits per heavy atom. The van der Waals surface area contributed by atoms with Crippen LogP contribution >= 0.6 is 45.3 Å². The molecule has 0 saturated carbocycles. The van der Waals surface area contributed by atoms with E-state index in [4.69, 9.17) is 9.47 Å². The Bertz CT molecular complexity index is 1720. The number of carbonyl (C=O) groups excluding carboxylic acids is 1. The Kier molecular flexibility index (Phi) is 14.4. The number of Topliss-reactive ketones (excluding diaryl/α,β-unsaturated/α-hetero) is 1. The van der Waals surface area contributed by atoms with Crippen molar-refractivity contribution in [2.24, 2.45) is 17.8 Å². The van der Waals surface area contributed by atoms with Gasteiger partial charge in [-0.2, -0.15) is 0 Å². The van der Waals surface area contributed by atoms with Crippen molar-refractivity contribution in [3.8, 4) is 21.3 Å². The van der Waals surface area contributed by atoms with Gasteiger partial charge in [0.05, 0.1) is 27.5 Å². The van der Waals surface area contributed by atoms with Crippen LogP contribution in [-0.2, 0) is 0 Å². The first kappa shape index (κ1) is 38.2. The molecule has 3 unspecified atom stereocenters. The number of hydrogen-bond donors (Lipinski definition) is 0. The van der Waals surface area contributed by atoms with Gasteiger partial charge in [0.2, 0.25) is 0 Å². The zero-order valence-corrected chi connectivity index (χ0v) is 33.6. The maximum Gasteiger partial charge on any atom is 0.176 e. The molecule has 0 spiro atoms. The van der Waals surface area contributed by atoms with Gasteiger partial charge in [-0.15, -0.1) is 45.3 Å². The minimum Gasteiger partial charge on any atom is -0.491 e. The number of rotatable bonds is 22. The standard InChI is InChI=1S/C41H55FO3S4/c1-7-13-16-26(10-4)21-31(43)40-35(42)34-33(49-40)25-47-41(34)32-22-30-37(45-24-28(12-6)18-15-9-3)38-29(19-20-46-38)36(39(30)48-32)44-23-27(11-5)17-14-8-2/h19-20,22,25-28H,7-18,21,23-24H2,1-6H3. The van der Waals surface area contributed by atoms with Crippen LogP contribution in [0.2, 0.25) is 0 Å². The molecule has 0 aliphatic heterocycles. The third-order valence-electron chi connectivity index (χ3n) is 10.2. The molecule has 5 rings (SSSR count). The molecule has 0 amide bonds. The number of fused-ring (bicyclic) bond motifs is 3. The van der Waals surface area contributed by atoms with Gasteiger partial charge in [0.1, 0.15) is 16.4 Å². The smallest absolute Gasteiger partial charge is 0.176 e. The van der Waals surface area contributed by atoms with Crippen LogP contribution in [0.25, 0.3) is 40.0 Å². The molecule has 3 nitrogen and oxygen atoms in total. The lowest BCUT2D eigenvalue weighted by Crippen LogP contribution is -2.12. The highest BCUT2D eigenvalue weighted by molar-refractivity contribution is 7.29. The van der Waals surface area contributed by atoms with Crippen LogP contribution in [0.1, 0.15) is 135 Å². The average molecular weight is 743 g/mol. The molecular formula is C41H55FO3S4. The quantitative estimate of drug-likeness (QED) is 0.0662. The molecule has 49 heavy (non-hydrogen) atoms. The Balaban J connectivity index is 1.57. The first-order valence-electron chi connectivity index (χ1n) is 18.8. The van der Waals surface area contributed by atoms with E-state index in [0.29, 0.717) is 47.7 Å². The summed E-state index contributed by atoms with van der Waals surface area (Å²) in [5, 5.41) is 6.92. The fraction of sp³-hybridized carbons (Fsp3) is 0.585. The van der Waals surface area contributed by atoms with Gasteiger partial charge in [-0.1, -0.05) is 106 Å². The summed E-state index contributed by atoms with van der Waals surface area (Å²) in [7, 11) is 0. The minimum atomic E-state index is -0.346. The van der Waals surface area contributed by atoms with E-state index in [9.17, 15) is 4.79 Å². The molecule has 0 aliphatic rings. The molecule has 5 aromatic rings. The van der Waals surface area contributed by atoms with Crippen LogP contribution in [-0.4, -0.2) is 19.0 Å². The Labute approximate surface area is 309 Å². The van der Waals surface area contributed by atoms with Crippen molar-refractivity contribution < 1.29 is 18.7 Å². The van der Waals surface area contributed by atoms with Crippen molar-refractivity contribution in [3.05, 3.63) is 33.6 Å². The summed E-state index contributed by atoms with van der Waals surface area (Å²) in [5.41, 5.74) is 0. The van der Waals surface area contributed by atoms with E-state index in [0.717, 1.165) is 84.7 Å². The summed E-state index contributed by atoms with van der Waals surface area (Å²) in [4.78, 5) is 15.6. The summed E-state index contributed by atoms with van der Waals surface area (Å²) in [6.45, 7) is 14.7.